The third-order valence-electron chi connectivity index (χ3n) is 4.36. The zero-order valence-corrected chi connectivity index (χ0v) is 14.8. The normalized spacial score (nSPS) is 16.9. The third kappa shape index (κ3) is 3.33. The molecular formula is C19H18N2O6. The molecule has 140 valence electrons. The second kappa shape index (κ2) is 7.45. The lowest BCUT2D eigenvalue weighted by atomic mass is 10.0. The van der Waals surface area contributed by atoms with E-state index >= 15 is 0 Å². The number of esters is 1. The van der Waals surface area contributed by atoms with Crippen molar-refractivity contribution in [1.29, 1.82) is 0 Å². The predicted octanol–water partition coefficient (Wildman–Crippen LogP) is 3.01. The molecule has 0 fully saturated rings. The smallest absolute Gasteiger partial charge is 0.333 e. The second-order valence-corrected chi connectivity index (χ2v) is 5.97. The number of hydrogen-bond donors (Lipinski definition) is 0. The van der Waals surface area contributed by atoms with Crippen LogP contribution in [0.25, 0.3) is 0 Å². The molecule has 0 spiro atoms. The molecule has 0 N–H and O–H groups in total. The quantitative estimate of drug-likeness (QED) is 0.456. The summed E-state index contributed by atoms with van der Waals surface area (Å²) in [5, 5.41) is 11.2. The number of non-ortho nitro benzene ring substituents is 1. The minimum absolute atomic E-state index is 0.165. The fourth-order valence-electron chi connectivity index (χ4n) is 3.05. The van der Waals surface area contributed by atoms with Gasteiger partial charge in [-0.1, -0.05) is 37.3 Å². The van der Waals surface area contributed by atoms with Crippen molar-refractivity contribution in [3.05, 3.63) is 64.2 Å². The van der Waals surface area contributed by atoms with Gasteiger partial charge in [0.15, 0.2) is 12.1 Å². The van der Waals surface area contributed by atoms with Crippen LogP contribution in [0.5, 0.6) is 5.75 Å². The number of nitro groups is 1. The molecule has 8 heteroatoms. The molecule has 3 rings (SSSR count). The molecule has 0 aliphatic carbocycles. The van der Waals surface area contributed by atoms with Gasteiger partial charge in [-0.25, -0.2) is 4.79 Å². The monoisotopic (exact) mass is 370 g/mol. The molecule has 27 heavy (non-hydrogen) atoms. The van der Waals surface area contributed by atoms with Gasteiger partial charge in [0.1, 0.15) is 5.75 Å². The highest BCUT2D eigenvalue weighted by molar-refractivity contribution is 6.05. The van der Waals surface area contributed by atoms with E-state index in [9.17, 15) is 19.7 Å². The summed E-state index contributed by atoms with van der Waals surface area (Å²) >= 11 is 0. The van der Waals surface area contributed by atoms with Gasteiger partial charge in [-0.2, -0.15) is 0 Å². The molecule has 0 saturated carbocycles. The molecule has 0 radical (unpaired) electrons. The van der Waals surface area contributed by atoms with Gasteiger partial charge in [0.05, 0.1) is 17.7 Å². The number of fused-ring (bicyclic) bond motifs is 1. The van der Waals surface area contributed by atoms with Crippen LogP contribution in [0.15, 0.2) is 48.5 Å². The molecule has 2 unspecified atom stereocenters. The number of nitro benzene ring substituents is 1. The average Bonchev–Trinajstić information content (AvgIpc) is 2.69. The highest BCUT2D eigenvalue weighted by Crippen LogP contribution is 2.42. The Bertz CT molecular complexity index is 883. The Morgan fingerprint density at radius 3 is 2.59 bits per heavy atom. The van der Waals surface area contributed by atoms with Crippen LogP contribution in [0.2, 0.25) is 0 Å². The van der Waals surface area contributed by atoms with Crippen molar-refractivity contribution in [2.24, 2.45) is 0 Å². The summed E-state index contributed by atoms with van der Waals surface area (Å²) in [6, 6.07) is 11.5. The first-order valence-corrected chi connectivity index (χ1v) is 8.38. The minimum atomic E-state index is -1.08. The maximum atomic E-state index is 13.1. The van der Waals surface area contributed by atoms with Gasteiger partial charge in [0.2, 0.25) is 0 Å². The lowest BCUT2D eigenvalue weighted by molar-refractivity contribution is -0.384. The number of carbonyl (C=O) groups excluding carboxylic acids is 2. The molecule has 8 nitrogen and oxygen atoms in total. The number of hydrogen-bond acceptors (Lipinski definition) is 6. The van der Waals surface area contributed by atoms with E-state index in [0.717, 1.165) is 0 Å². The van der Waals surface area contributed by atoms with Gasteiger partial charge in [0.25, 0.3) is 11.6 Å². The summed E-state index contributed by atoms with van der Waals surface area (Å²) in [6.45, 7) is 1.78. The van der Waals surface area contributed by atoms with Crippen LogP contribution in [-0.4, -0.2) is 30.0 Å². The van der Waals surface area contributed by atoms with Crippen LogP contribution in [0, 0.1) is 10.1 Å². The van der Waals surface area contributed by atoms with Crippen LogP contribution in [0.4, 0.5) is 11.4 Å². The average molecular weight is 370 g/mol. The zero-order chi connectivity index (χ0) is 19.6. The predicted molar refractivity (Wildman–Crippen MR) is 96.5 cm³/mol. The van der Waals surface area contributed by atoms with Crippen LogP contribution in [-0.2, 0) is 14.3 Å². The summed E-state index contributed by atoms with van der Waals surface area (Å²) in [6.07, 6.45) is -0.413. The number of nitrogens with zero attached hydrogens (tertiary/aromatic N) is 2. The largest absolute Gasteiger partial charge is 0.478 e. The molecule has 2 atom stereocenters. The van der Waals surface area contributed by atoms with Crippen LogP contribution >= 0.6 is 0 Å². The number of rotatable bonds is 5. The highest BCUT2D eigenvalue weighted by atomic mass is 16.6. The van der Waals surface area contributed by atoms with Crippen LogP contribution < -0.4 is 9.64 Å². The molecule has 1 amide bonds. The van der Waals surface area contributed by atoms with Gasteiger partial charge in [-0.3, -0.25) is 19.8 Å². The molecule has 2 aromatic rings. The fraction of sp³-hybridized carbons (Fsp3) is 0.263. The Balaban J connectivity index is 2.21. The maximum absolute atomic E-state index is 13.1. The Morgan fingerprint density at radius 1 is 1.30 bits per heavy atom. The Kier molecular flexibility index (Phi) is 5.07. The molecule has 2 aromatic carbocycles. The Morgan fingerprint density at radius 2 is 2.00 bits per heavy atom. The lowest BCUT2D eigenvalue weighted by Crippen LogP contribution is -2.49. The standard InChI is InChI=1S/C19H18N2O6/c1-3-15-18(22)20(14-11-13(21(24)25)9-10-16(14)27-15)17(19(23)26-2)12-7-5-4-6-8-12/h4-11,15,17H,3H2,1-2H3. The first kappa shape index (κ1) is 18.4. The van der Waals surface area contributed by atoms with Crippen LogP contribution in [0.1, 0.15) is 24.9 Å². The van der Waals surface area contributed by atoms with Gasteiger partial charge in [-0.15, -0.1) is 0 Å². The molecule has 0 bridgehead atoms. The van der Waals surface area contributed by atoms with Gasteiger partial charge in [0, 0.05) is 12.1 Å². The zero-order valence-electron chi connectivity index (χ0n) is 14.8. The van der Waals surface area contributed by atoms with Crippen molar-refractivity contribution in [2.75, 3.05) is 12.0 Å². The topological polar surface area (TPSA) is 99.0 Å². The molecular weight excluding hydrogens is 352 g/mol. The SMILES string of the molecule is CCC1Oc2ccc([N+](=O)[O-])cc2N(C(C(=O)OC)c2ccccc2)C1=O. The number of methoxy groups -OCH3 is 1. The first-order valence-electron chi connectivity index (χ1n) is 8.38. The summed E-state index contributed by atoms with van der Waals surface area (Å²) < 4.78 is 10.6. The van der Waals surface area contributed by atoms with Crippen molar-refractivity contribution >= 4 is 23.3 Å². The van der Waals surface area contributed by atoms with Crippen molar-refractivity contribution in [1.82, 2.24) is 0 Å². The first-order chi connectivity index (χ1) is 13.0. The van der Waals surface area contributed by atoms with Crippen molar-refractivity contribution in [3.63, 3.8) is 0 Å². The second-order valence-electron chi connectivity index (χ2n) is 5.97. The van der Waals surface area contributed by atoms with Gasteiger partial charge >= 0.3 is 5.97 Å². The molecule has 1 heterocycles. The number of benzene rings is 2. The van der Waals surface area contributed by atoms with Crippen LogP contribution in [0.3, 0.4) is 0 Å². The van der Waals surface area contributed by atoms with Crippen molar-refractivity contribution < 1.29 is 24.0 Å². The Hall–Kier alpha value is -3.42. The van der Waals surface area contributed by atoms with E-state index in [0.29, 0.717) is 17.7 Å². The summed E-state index contributed by atoms with van der Waals surface area (Å²) in [5.41, 5.74) is 0.492. The summed E-state index contributed by atoms with van der Waals surface area (Å²) in [5.74, 6) is -0.801. The summed E-state index contributed by atoms with van der Waals surface area (Å²) in [4.78, 5) is 37.5. The van der Waals surface area contributed by atoms with E-state index in [1.54, 1.807) is 37.3 Å². The third-order valence-corrected chi connectivity index (χ3v) is 4.36. The van der Waals surface area contributed by atoms with E-state index in [2.05, 4.69) is 0 Å². The van der Waals surface area contributed by atoms with Gasteiger partial charge in [-0.05, 0) is 18.1 Å². The molecule has 0 saturated heterocycles. The van der Waals surface area contributed by atoms with E-state index in [4.69, 9.17) is 9.47 Å². The maximum Gasteiger partial charge on any atom is 0.333 e. The lowest BCUT2D eigenvalue weighted by Gasteiger charge is -2.37. The highest BCUT2D eigenvalue weighted by Gasteiger charge is 2.42. The summed E-state index contributed by atoms with van der Waals surface area (Å²) in [7, 11) is 1.23. The molecule has 1 aliphatic heterocycles. The van der Waals surface area contributed by atoms with E-state index < -0.39 is 28.9 Å². The number of ether oxygens (including phenoxy) is 2. The molecule has 1 aliphatic rings. The number of anilines is 1. The van der Waals surface area contributed by atoms with E-state index in [-0.39, 0.29) is 11.4 Å². The van der Waals surface area contributed by atoms with Gasteiger partial charge < -0.3 is 9.47 Å². The number of amides is 1. The minimum Gasteiger partial charge on any atom is -0.478 e. The van der Waals surface area contributed by atoms with Crippen molar-refractivity contribution in [2.45, 2.75) is 25.5 Å². The van der Waals surface area contributed by atoms with E-state index in [1.807, 2.05) is 0 Å². The van der Waals surface area contributed by atoms with E-state index in [1.165, 1.54) is 30.2 Å². The number of carbonyl (C=O) groups is 2. The molecule has 0 aromatic heterocycles. The van der Waals surface area contributed by atoms with Crippen molar-refractivity contribution in [3.8, 4) is 5.75 Å². The fourth-order valence-corrected chi connectivity index (χ4v) is 3.05. The Labute approximate surface area is 155 Å².